The van der Waals surface area contributed by atoms with Gasteiger partial charge in [-0.2, -0.15) is 0 Å². The topological polar surface area (TPSA) is 81.4 Å². The number of halogens is 1. The minimum atomic E-state index is -3.56. The number of benzene rings is 1. The zero-order valence-electron chi connectivity index (χ0n) is 11.0. The minimum Gasteiger partial charge on any atom is -0.398 e. The van der Waals surface area contributed by atoms with Crippen LogP contribution in [0, 0.1) is 0 Å². The van der Waals surface area contributed by atoms with Gasteiger partial charge in [0.05, 0.1) is 11.5 Å². The number of sulfonamides is 1. The third-order valence-corrected chi connectivity index (χ3v) is 4.81. The SMILES string of the molecule is CCCC(COC)NS(=O)(=O)c1ccc(N)c(Br)c1. The summed E-state index contributed by atoms with van der Waals surface area (Å²) in [6.07, 6.45) is 1.60. The maximum Gasteiger partial charge on any atom is 0.240 e. The number of methoxy groups -OCH3 is 1. The van der Waals surface area contributed by atoms with Gasteiger partial charge in [-0.25, -0.2) is 13.1 Å². The normalized spacial score (nSPS) is 13.4. The predicted molar refractivity (Wildman–Crippen MR) is 79.4 cm³/mol. The number of nitrogens with one attached hydrogen (secondary N) is 1. The second-order valence-corrected chi connectivity index (χ2v) is 6.81. The molecule has 1 atom stereocenters. The lowest BCUT2D eigenvalue weighted by Gasteiger charge is -2.17. The fourth-order valence-electron chi connectivity index (χ4n) is 1.69. The molecule has 0 aromatic heterocycles. The molecule has 1 rings (SSSR count). The standard InChI is InChI=1S/C12H19BrN2O3S/c1-3-4-9(8-18-2)15-19(16,17)10-5-6-12(14)11(13)7-10/h5-7,9,15H,3-4,8,14H2,1-2H3. The number of hydrogen-bond acceptors (Lipinski definition) is 4. The number of nitrogen functional groups attached to an aromatic ring is 1. The molecule has 0 aliphatic heterocycles. The van der Waals surface area contributed by atoms with Gasteiger partial charge in [-0.15, -0.1) is 0 Å². The second kappa shape index (κ2) is 7.23. The molecule has 108 valence electrons. The molecule has 3 N–H and O–H groups in total. The first-order valence-corrected chi connectivity index (χ1v) is 8.24. The molecule has 1 unspecified atom stereocenters. The Kier molecular flexibility index (Phi) is 6.25. The van der Waals surface area contributed by atoms with Crippen molar-refractivity contribution in [1.82, 2.24) is 4.72 Å². The highest BCUT2D eigenvalue weighted by atomic mass is 79.9. The summed E-state index contributed by atoms with van der Waals surface area (Å²) in [6, 6.07) is 4.31. The van der Waals surface area contributed by atoms with Gasteiger partial charge in [0.15, 0.2) is 0 Å². The Morgan fingerprint density at radius 1 is 1.47 bits per heavy atom. The Morgan fingerprint density at radius 3 is 2.68 bits per heavy atom. The monoisotopic (exact) mass is 350 g/mol. The molecule has 1 aromatic carbocycles. The summed E-state index contributed by atoms with van der Waals surface area (Å²) in [4.78, 5) is 0.186. The van der Waals surface area contributed by atoms with Crippen molar-refractivity contribution in [1.29, 1.82) is 0 Å². The van der Waals surface area contributed by atoms with E-state index in [-0.39, 0.29) is 10.9 Å². The number of anilines is 1. The molecule has 0 fully saturated rings. The van der Waals surface area contributed by atoms with E-state index in [1.54, 1.807) is 13.2 Å². The summed E-state index contributed by atoms with van der Waals surface area (Å²) in [6.45, 7) is 2.35. The van der Waals surface area contributed by atoms with E-state index < -0.39 is 10.0 Å². The van der Waals surface area contributed by atoms with Crippen LogP contribution in [0.5, 0.6) is 0 Å². The van der Waals surface area contributed by atoms with Crippen molar-refractivity contribution in [2.45, 2.75) is 30.7 Å². The highest BCUT2D eigenvalue weighted by molar-refractivity contribution is 9.10. The van der Waals surface area contributed by atoms with Crippen LogP contribution >= 0.6 is 15.9 Å². The molecule has 0 aliphatic carbocycles. The molecule has 0 radical (unpaired) electrons. The van der Waals surface area contributed by atoms with Crippen LogP contribution in [-0.2, 0) is 14.8 Å². The molecule has 0 bridgehead atoms. The van der Waals surface area contributed by atoms with Crippen molar-refractivity contribution in [2.75, 3.05) is 19.5 Å². The lowest BCUT2D eigenvalue weighted by Crippen LogP contribution is -2.37. The Morgan fingerprint density at radius 2 is 2.16 bits per heavy atom. The quantitative estimate of drug-likeness (QED) is 0.738. The summed E-state index contributed by atoms with van der Waals surface area (Å²) in [5.74, 6) is 0. The van der Waals surface area contributed by atoms with Gasteiger partial charge in [-0.1, -0.05) is 13.3 Å². The second-order valence-electron chi connectivity index (χ2n) is 4.25. The maximum atomic E-state index is 12.2. The van der Waals surface area contributed by atoms with E-state index in [1.165, 1.54) is 12.1 Å². The first kappa shape index (κ1) is 16.4. The van der Waals surface area contributed by atoms with Gasteiger partial charge in [0, 0.05) is 23.3 Å². The van der Waals surface area contributed by atoms with E-state index >= 15 is 0 Å². The molecule has 0 saturated heterocycles. The Hall–Kier alpha value is -0.630. The summed E-state index contributed by atoms with van der Waals surface area (Å²) >= 11 is 3.22. The molecular weight excluding hydrogens is 332 g/mol. The largest absolute Gasteiger partial charge is 0.398 e. The summed E-state index contributed by atoms with van der Waals surface area (Å²) in [5, 5.41) is 0. The highest BCUT2D eigenvalue weighted by Crippen LogP contribution is 2.23. The van der Waals surface area contributed by atoms with E-state index in [4.69, 9.17) is 10.5 Å². The average molecular weight is 351 g/mol. The van der Waals surface area contributed by atoms with Crippen molar-refractivity contribution in [3.05, 3.63) is 22.7 Å². The molecule has 0 saturated carbocycles. The molecule has 0 amide bonds. The maximum absolute atomic E-state index is 12.2. The van der Waals surface area contributed by atoms with Crippen molar-refractivity contribution in [3.63, 3.8) is 0 Å². The lowest BCUT2D eigenvalue weighted by atomic mass is 10.2. The van der Waals surface area contributed by atoms with E-state index in [9.17, 15) is 8.42 Å². The highest BCUT2D eigenvalue weighted by Gasteiger charge is 2.20. The Labute approximate surface area is 122 Å². The molecule has 5 nitrogen and oxygen atoms in total. The summed E-state index contributed by atoms with van der Waals surface area (Å²) in [7, 11) is -2.01. The Balaban J connectivity index is 2.92. The lowest BCUT2D eigenvalue weighted by molar-refractivity contribution is 0.171. The first-order valence-electron chi connectivity index (χ1n) is 5.97. The van der Waals surface area contributed by atoms with Crippen LogP contribution < -0.4 is 10.5 Å². The molecule has 19 heavy (non-hydrogen) atoms. The Bertz CT molecular complexity index is 514. The van der Waals surface area contributed by atoms with Gasteiger partial charge in [-0.05, 0) is 40.5 Å². The van der Waals surface area contributed by atoms with E-state index in [1.807, 2.05) is 6.92 Å². The minimum absolute atomic E-state index is 0.186. The molecule has 0 spiro atoms. The van der Waals surface area contributed by atoms with Crippen LogP contribution in [0.3, 0.4) is 0 Å². The predicted octanol–water partition coefficient (Wildman–Crippen LogP) is 2.12. The van der Waals surface area contributed by atoms with Crippen molar-refractivity contribution >= 4 is 31.6 Å². The number of hydrogen-bond donors (Lipinski definition) is 2. The third kappa shape index (κ3) is 4.76. The molecular formula is C12H19BrN2O3S. The van der Waals surface area contributed by atoms with Crippen molar-refractivity contribution in [2.24, 2.45) is 0 Å². The van der Waals surface area contributed by atoms with Gasteiger partial charge < -0.3 is 10.5 Å². The number of rotatable bonds is 7. The van der Waals surface area contributed by atoms with E-state index in [2.05, 4.69) is 20.7 Å². The molecule has 0 heterocycles. The summed E-state index contributed by atoms with van der Waals surface area (Å²) in [5.41, 5.74) is 6.15. The van der Waals surface area contributed by atoms with Gasteiger partial charge in [0.2, 0.25) is 10.0 Å². The van der Waals surface area contributed by atoms with Crippen LogP contribution in [0.15, 0.2) is 27.6 Å². The van der Waals surface area contributed by atoms with Crippen molar-refractivity contribution < 1.29 is 13.2 Å². The van der Waals surface area contributed by atoms with Gasteiger partial charge in [0.25, 0.3) is 0 Å². The zero-order valence-corrected chi connectivity index (χ0v) is 13.4. The molecule has 7 heteroatoms. The van der Waals surface area contributed by atoms with Crippen LogP contribution in [-0.4, -0.2) is 28.2 Å². The van der Waals surface area contributed by atoms with Crippen molar-refractivity contribution in [3.8, 4) is 0 Å². The van der Waals surface area contributed by atoms with Crippen LogP contribution in [0.25, 0.3) is 0 Å². The van der Waals surface area contributed by atoms with E-state index in [0.717, 1.165) is 12.8 Å². The smallest absolute Gasteiger partial charge is 0.240 e. The van der Waals surface area contributed by atoms with Crippen LogP contribution in [0.1, 0.15) is 19.8 Å². The van der Waals surface area contributed by atoms with Gasteiger partial charge in [-0.3, -0.25) is 0 Å². The summed E-state index contributed by atoms with van der Waals surface area (Å²) < 4.78 is 32.7. The van der Waals surface area contributed by atoms with Gasteiger partial charge in [0.1, 0.15) is 0 Å². The van der Waals surface area contributed by atoms with Crippen LogP contribution in [0.2, 0.25) is 0 Å². The van der Waals surface area contributed by atoms with Gasteiger partial charge >= 0.3 is 0 Å². The average Bonchev–Trinajstić information content (AvgIpc) is 2.32. The third-order valence-electron chi connectivity index (χ3n) is 2.61. The van der Waals surface area contributed by atoms with Crippen LogP contribution in [0.4, 0.5) is 5.69 Å². The number of nitrogens with two attached hydrogens (primary N) is 1. The fourth-order valence-corrected chi connectivity index (χ4v) is 3.50. The number of ether oxygens (including phenoxy) is 1. The molecule has 0 aliphatic rings. The fraction of sp³-hybridized carbons (Fsp3) is 0.500. The molecule has 1 aromatic rings. The van der Waals surface area contributed by atoms with E-state index in [0.29, 0.717) is 16.8 Å². The first-order chi connectivity index (χ1) is 8.90. The zero-order chi connectivity index (χ0) is 14.5.